The number of carbonyl (C=O) groups excluding carboxylic acids is 1. The average molecular weight is 237 g/mol. The molecule has 1 aliphatic heterocycles. The lowest BCUT2D eigenvalue weighted by molar-refractivity contribution is 0.0618. The van der Waals surface area contributed by atoms with Gasteiger partial charge in [-0.15, -0.1) is 0 Å². The molecule has 1 fully saturated rings. The average Bonchev–Trinajstić information content (AvgIpc) is 2.68. The molecular formula is C13H19NO3. The smallest absolute Gasteiger partial charge is 0.257 e. The fourth-order valence-corrected chi connectivity index (χ4v) is 2.45. The van der Waals surface area contributed by atoms with Gasteiger partial charge in [0.1, 0.15) is 5.76 Å². The first-order valence-corrected chi connectivity index (χ1v) is 6.08. The van der Waals surface area contributed by atoms with Crippen LogP contribution in [0.4, 0.5) is 0 Å². The van der Waals surface area contributed by atoms with E-state index in [1.807, 2.05) is 18.7 Å². The predicted octanol–water partition coefficient (Wildman–Crippen LogP) is 1.74. The molecule has 1 atom stereocenters. The van der Waals surface area contributed by atoms with Crippen molar-refractivity contribution in [1.29, 1.82) is 0 Å². The van der Waals surface area contributed by atoms with Crippen LogP contribution in [0.3, 0.4) is 0 Å². The number of likely N-dealkylation sites (tertiary alicyclic amines) is 1. The number of aliphatic hydroxyl groups is 1. The molecule has 2 rings (SSSR count). The molecule has 0 bridgehead atoms. The fourth-order valence-electron chi connectivity index (χ4n) is 2.45. The molecule has 1 amide bonds. The van der Waals surface area contributed by atoms with E-state index < -0.39 is 0 Å². The quantitative estimate of drug-likeness (QED) is 0.852. The summed E-state index contributed by atoms with van der Waals surface area (Å²) in [6.07, 6.45) is 3.59. The predicted molar refractivity (Wildman–Crippen MR) is 63.9 cm³/mol. The van der Waals surface area contributed by atoms with Crippen LogP contribution in [-0.4, -0.2) is 35.6 Å². The Hall–Kier alpha value is -1.29. The molecule has 4 heteroatoms. The number of furan rings is 1. The number of hydrogen-bond donors (Lipinski definition) is 1. The maximum Gasteiger partial charge on any atom is 0.257 e. The number of amides is 1. The molecule has 0 saturated carbocycles. The highest BCUT2D eigenvalue weighted by Gasteiger charge is 2.26. The lowest BCUT2D eigenvalue weighted by atomic mass is 9.98. The third-order valence-electron chi connectivity index (χ3n) is 3.44. The summed E-state index contributed by atoms with van der Waals surface area (Å²) in [5.41, 5.74) is 1.57. The minimum Gasteiger partial charge on any atom is -0.469 e. The third kappa shape index (κ3) is 2.36. The van der Waals surface area contributed by atoms with Crippen molar-refractivity contribution in [3.63, 3.8) is 0 Å². The fraction of sp³-hybridized carbons (Fsp3) is 0.615. The molecule has 0 spiro atoms. The Labute approximate surface area is 101 Å². The number of aliphatic hydroxyl groups excluding tert-OH is 1. The number of rotatable bonds is 2. The number of nitrogens with zero attached hydrogens (tertiary/aromatic N) is 1. The van der Waals surface area contributed by atoms with Crippen molar-refractivity contribution in [2.75, 3.05) is 19.7 Å². The van der Waals surface area contributed by atoms with Crippen LogP contribution in [0.5, 0.6) is 0 Å². The van der Waals surface area contributed by atoms with E-state index in [-0.39, 0.29) is 18.4 Å². The maximum atomic E-state index is 12.3. The van der Waals surface area contributed by atoms with Crippen molar-refractivity contribution in [1.82, 2.24) is 4.90 Å². The van der Waals surface area contributed by atoms with Gasteiger partial charge in [-0.2, -0.15) is 0 Å². The zero-order valence-electron chi connectivity index (χ0n) is 10.4. The van der Waals surface area contributed by atoms with E-state index >= 15 is 0 Å². The summed E-state index contributed by atoms with van der Waals surface area (Å²) in [5.74, 6) is 0.936. The number of aryl methyl sites for hydroxylation is 2. The van der Waals surface area contributed by atoms with E-state index in [2.05, 4.69) is 0 Å². The van der Waals surface area contributed by atoms with Gasteiger partial charge >= 0.3 is 0 Å². The van der Waals surface area contributed by atoms with Crippen LogP contribution in [0.25, 0.3) is 0 Å². The topological polar surface area (TPSA) is 53.7 Å². The highest BCUT2D eigenvalue weighted by Crippen LogP contribution is 2.22. The number of carbonyl (C=O) groups is 1. The van der Waals surface area contributed by atoms with E-state index in [0.717, 1.165) is 24.9 Å². The zero-order chi connectivity index (χ0) is 12.4. The van der Waals surface area contributed by atoms with Crippen molar-refractivity contribution >= 4 is 5.91 Å². The normalized spacial score (nSPS) is 20.6. The van der Waals surface area contributed by atoms with Crippen LogP contribution in [0.1, 0.15) is 34.5 Å². The summed E-state index contributed by atoms with van der Waals surface area (Å²) in [7, 11) is 0. The summed E-state index contributed by atoms with van der Waals surface area (Å²) >= 11 is 0. The van der Waals surface area contributed by atoms with Gasteiger partial charge in [-0.1, -0.05) is 0 Å². The Morgan fingerprint density at radius 3 is 2.94 bits per heavy atom. The van der Waals surface area contributed by atoms with Crippen LogP contribution < -0.4 is 0 Å². The van der Waals surface area contributed by atoms with Gasteiger partial charge < -0.3 is 14.4 Å². The first kappa shape index (κ1) is 12.2. The van der Waals surface area contributed by atoms with Gasteiger partial charge in [0.2, 0.25) is 0 Å². The molecule has 0 aliphatic carbocycles. The molecule has 2 heterocycles. The summed E-state index contributed by atoms with van der Waals surface area (Å²) in [6, 6.07) is 0. The maximum absolute atomic E-state index is 12.3. The molecular weight excluding hydrogens is 218 g/mol. The second kappa shape index (κ2) is 4.92. The molecule has 0 aromatic carbocycles. The zero-order valence-corrected chi connectivity index (χ0v) is 10.4. The highest BCUT2D eigenvalue weighted by atomic mass is 16.3. The Bertz CT molecular complexity index is 391. The molecule has 1 aliphatic rings. The summed E-state index contributed by atoms with van der Waals surface area (Å²) in [4.78, 5) is 14.2. The first-order valence-electron chi connectivity index (χ1n) is 6.08. The molecule has 17 heavy (non-hydrogen) atoms. The Morgan fingerprint density at radius 2 is 2.35 bits per heavy atom. The van der Waals surface area contributed by atoms with E-state index in [1.54, 1.807) is 6.26 Å². The third-order valence-corrected chi connectivity index (χ3v) is 3.44. The van der Waals surface area contributed by atoms with E-state index in [9.17, 15) is 9.90 Å². The van der Waals surface area contributed by atoms with Crippen LogP contribution in [0, 0.1) is 19.8 Å². The highest BCUT2D eigenvalue weighted by molar-refractivity contribution is 5.96. The molecule has 1 aromatic heterocycles. The summed E-state index contributed by atoms with van der Waals surface area (Å²) < 4.78 is 5.26. The van der Waals surface area contributed by atoms with Gasteiger partial charge in [0, 0.05) is 25.3 Å². The molecule has 1 aromatic rings. The van der Waals surface area contributed by atoms with Crippen LogP contribution >= 0.6 is 0 Å². The molecule has 4 nitrogen and oxygen atoms in total. The lowest BCUT2D eigenvalue weighted by Crippen LogP contribution is -2.41. The second-order valence-electron chi connectivity index (χ2n) is 4.79. The molecule has 1 unspecified atom stereocenters. The second-order valence-corrected chi connectivity index (χ2v) is 4.79. The molecule has 1 saturated heterocycles. The first-order chi connectivity index (χ1) is 8.13. The van der Waals surface area contributed by atoms with E-state index in [0.29, 0.717) is 17.9 Å². The van der Waals surface area contributed by atoms with Gasteiger partial charge in [0.25, 0.3) is 5.91 Å². The Kier molecular flexibility index (Phi) is 3.52. The SMILES string of the molecule is Cc1coc(C)c1C(=O)N1CCCC(CO)C1. The monoisotopic (exact) mass is 237 g/mol. The van der Waals surface area contributed by atoms with Gasteiger partial charge in [-0.3, -0.25) is 4.79 Å². The van der Waals surface area contributed by atoms with Crippen LogP contribution in [0.15, 0.2) is 10.7 Å². The van der Waals surface area contributed by atoms with Crippen LogP contribution in [-0.2, 0) is 0 Å². The van der Waals surface area contributed by atoms with Crippen molar-refractivity contribution in [2.24, 2.45) is 5.92 Å². The standard InChI is InChI=1S/C13H19NO3/c1-9-8-17-10(2)12(9)13(16)14-5-3-4-11(6-14)7-15/h8,11,15H,3-7H2,1-2H3. The van der Waals surface area contributed by atoms with Gasteiger partial charge in [-0.25, -0.2) is 0 Å². The Balaban J connectivity index is 2.15. The van der Waals surface area contributed by atoms with Crippen molar-refractivity contribution < 1.29 is 14.3 Å². The van der Waals surface area contributed by atoms with Crippen molar-refractivity contribution in [3.05, 3.63) is 23.2 Å². The van der Waals surface area contributed by atoms with Gasteiger partial charge in [0.05, 0.1) is 11.8 Å². The number of hydrogen-bond acceptors (Lipinski definition) is 3. The summed E-state index contributed by atoms with van der Waals surface area (Å²) in [6.45, 7) is 5.29. The minimum absolute atomic E-state index is 0.0342. The van der Waals surface area contributed by atoms with E-state index in [4.69, 9.17) is 4.42 Å². The lowest BCUT2D eigenvalue weighted by Gasteiger charge is -2.31. The summed E-state index contributed by atoms with van der Waals surface area (Å²) in [5, 5.41) is 9.17. The van der Waals surface area contributed by atoms with E-state index in [1.165, 1.54) is 0 Å². The molecule has 94 valence electrons. The molecule has 1 N–H and O–H groups in total. The Morgan fingerprint density at radius 1 is 1.59 bits per heavy atom. The molecule has 0 radical (unpaired) electrons. The largest absolute Gasteiger partial charge is 0.469 e. The number of piperidine rings is 1. The van der Waals surface area contributed by atoms with Crippen molar-refractivity contribution in [2.45, 2.75) is 26.7 Å². The van der Waals surface area contributed by atoms with Crippen molar-refractivity contribution in [3.8, 4) is 0 Å². The minimum atomic E-state index is 0.0342. The van der Waals surface area contributed by atoms with Gasteiger partial charge in [0.15, 0.2) is 0 Å². The van der Waals surface area contributed by atoms with Gasteiger partial charge in [-0.05, 0) is 32.6 Å². The van der Waals surface area contributed by atoms with Crippen LogP contribution in [0.2, 0.25) is 0 Å².